The van der Waals surface area contributed by atoms with E-state index in [1.807, 2.05) is 6.92 Å². The van der Waals surface area contributed by atoms with Crippen LogP contribution >= 0.6 is 48.2 Å². The fourth-order valence-electron chi connectivity index (χ4n) is 3.19. The third-order valence-corrected chi connectivity index (χ3v) is 6.33. The molecule has 1 atom stereocenters. The number of aryl methyl sites for hydroxylation is 1. The number of thiol groups is 2. The monoisotopic (exact) mass is 447 g/mol. The maximum absolute atomic E-state index is 12.9. The van der Waals surface area contributed by atoms with Crippen molar-refractivity contribution in [2.45, 2.75) is 45.3 Å². The van der Waals surface area contributed by atoms with Crippen LogP contribution < -0.4 is 0 Å². The number of rotatable bonds is 9. The van der Waals surface area contributed by atoms with Crippen molar-refractivity contribution in [3.63, 3.8) is 0 Å². The Morgan fingerprint density at radius 1 is 1.22 bits per heavy atom. The van der Waals surface area contributed by atoms with Gasteiger partial charge in [0.25, 0.3) is 0 Å². The molecular weight excluding hydrogens is 426 g/mol. The average Bonchev–Trinajstić information content (AvgIpc) is 2.96. The van der Waals surface area contributed by atoms with E-state index < -0.39 is 21.4 Å². The summed E-state index contributed by atoms with van der Waals surface area (Å²) in [5.74, 6) is -1.45. The van der Waals surface area contributed by atoms with Crippen molar-refractivity contribution in [3.8, 4) is 0 Å². The van der Waals surface area contributed by atoms with Crippen LogP contribution in [0.25, 0.3) is 10.2 Å². The lowest BCUT2D eigenvalue weighted by Gasteiger charge is -2.43. The molecule has 27 heavy (non-hydrogen) atoms. The van der Waals surface area contributed by atoms with Gasteiger partial charge in [0.15, 0.2) is 16.3 Å². The molecule has 0 N–H and O–H groups in total. The zero-order chi connectivity index (χ0) is 20.4. The van der Waals surface area contributed by atoms with Crippen molar-refractivity contribution < 1.29 is 19.1 Å². The molecule has 5 nitrogen and oxygen atoms in total. The van der Waals surface area contributed by atoms with E-state index in [-0.39, 0.29) is 19.6 Å². The highest BCUT2D eigenvalue weighted by Gasteiger charge is 2.59. The number of benzene rings is 1. The van der Waals surface area contributed by atoms with Crippen LogP contribution in [0.2, 0.25) is 5.02 Å². The molecule has 1 unspecified atom stereocenters. The number of carbonyl (C=O) groups is 2. The van der Waals surface area contributed by atoms with Gasteiger partial charge in [-0.05, 0) is 45.4 Å². The van der Waals surface area contributed by atoms with Gasteiger partial charge in [0.2, 0.25) is 5.12 Å². The molecule has 0 saturated heterocycles. The number of fused-ring (bicyclic) bond motifs is 1. The van der Waals surface area contributed by atoms with E-state index in [2.05, 4.69) is 30.2 Å². The van der Waals surface area contributed by atoms with Gasteiger partial charge in [-0.2, -0.15) is 0 Å². The molecular formula is C18H22ClNO4S3. The average molecular weight is 448 g/mol. The van der Waals surface area contributed by atoms with E-state index in [9.17, 15) is 9.59 Å². The summed E-state index contributed by atoms with van der Waals surface area (Å²) in [4.78, 5) is 29.6. The van der Waals surface area contributed by atoms with Crippen LogP contribution in [0.3, 0.4) is 0 Å². The van der Waals surface area contributed by atoms with Crippen LogP contribution in [-0.4, -0.2) is 34.2 Å². The summed E-state index contributed by atoms with van der Waals surface area (Å²) in [6.07, 6.45) is -0.262. The first kappa shape index (κ1) is 22.6. The summed E-state index contributed by atoms with van der Waals surface area (Å²) >= 11 is 15.5. The summed E-state index contributed by atoms with van der Waals surface area (Å²) in [5.41, 5.74) is 0.0244. The molecule has 0 aliphatic heterocycles. The number of thiazole rings is 1. The summed E-state index contributed by atoms with van der Waals surface area (Å²) in [6, 6.07) is 3.58. The van der Waals surface area contributed by atoms with Gasteiger partial charge in [0.1, 0.15) is 5.01 Å². The van der Waals surface area contributed by atoms with E-state index in [0.29, 0.717) is 15.5 Å². The maximum Gasteiger partial charge on any atom is 0.204 e. The molecule has 0 aliphatic rings. The third kappa shape index (κ3) is 4.21. The number of ether oxygens (including phenoxy) is 2. The number of halogens is 1. The zero-order valence-electron chi connectivity index (χ0n) is 15.5. The fraction of sp³-hybridized carbons (Fsp3) is 0.500. The number of carbonyl (C=O) groups excluding carboxylic acids is 2. The molecule has 2 rings (SSSR count). The van der Waals surface area contributed by atoms with Gasteiger partial charge in [0, 0.05) is 24.7 Å². The van der Waals surface area contributed by atoms with Crippen LogP contribution in [0.15, 0.2) is 12.1 Å². The Hall–Kier alpha value is -0.640. The lowest BCUT2D eigenvalue weighted by molar-refractivity contribution is -0.255. The molecule has 0 saturated carbocycles. The Morgan fingerprint density at radius 3 is 2.30 bits per heavy atom. The molecule has 9 heteroatoms. The van der Waals surface area contributed by atoms with Crippen molar-refractivity contribution in [3.05, 3.63) is 27.7 Å². The van der Waals surface area contributed by atoms with Crippen LogP contribution in [-0.2, 0) is 24.5 Å². The molecule has 0 bridgehead atoms. The quantitative estimate of drug-likeness (QED) is 0.434. The van der Waals surface area contributed by atoms with Crippen LogP contribution in [0.4, 0.5) is 0 Å². The lowest BCUT2D eigenvalue weighted by Crippen LogP contribution is -2.57. The lowest BCUT2D eigenvalue weighted by atomic mass is 9.78. The molecule has 0 amide bonds. The van der Waals surface area contributed by atoms with E-state index in [0.717, 1.165) is 10.3 Å². The van der Waals surface area contributed by atoms with Gasteiger partial charge in [0.05, 0.1) is 10.2 Å². The van der Waals surface area contributed by atoms with Gasteiger partial charge in [-0.1, -0.05) is 11.6 Å². The highest BCUT2D eigenvalue weighted by Crippen LogP contribution is 2.47. The maximum atomic E-state index is 12.9. The molecule has 0 aliphatic carbocycles. The van der Waals surface area contributed by atoms with Crippen LogP contribution in [0.5, 0.6) is 0 Å². The van der Waals surface area contributed by atoms with Crippen molar-refractivity contribution in [1.82, 2.24) is 4.98 Å². The summed E-state index contributed by atoms with van der Waals surface area (Å²) in [7, 11) is 0. The third-order valence-electron chi connectivity index (χ3n) is 4.41. The predicted octanol–water partition coefficient (Wildman–Crippen LogP) is 4.59. The molecule has 0 fully saturated rings. The van der Waals surface area contributed by atoms with Crippen molar-refractivity contribution >= 4 is 68.6 Å². The Bertz CT molecular complexity index is 864. The number of nitrogens with zero attached hydrogens (tertiary/aromatic N) is 1. The first-order valence-corrected chi connectivity index (χ1v) is 10.5. The van der Waals surface area contributed by atoms with Crippen LogP contribution in [0.1, 0.15) is 37.8 Å². The largest absolute Gasteiger partial charge is 0.349 e. The minimum Gasteiger partial charge on any atom is -0.349 e. The van der Waals surface area contributed by atoms with Gasteiger partial charge in [-0.25, -0.2) is 4.98 Å². The van der Waals surface area contributed by atoms with Crippen molar-refractivity contribution in [1.29, 1.82) is 0 Å². The highest BCUT2D eigenvalue weighted by molar-refractivity contribution is 7.97. The Morgan fingerprint density at radius 2 is 1.81 bits per heavy atom. The molecule has 148 valence electrons. The van der Waals surface area contributed by atoms with Gasteiger partial charge < -0.3 is 9.47 Å². The highest BCUT2D eigenvalue weighted by atomic mass is 35.5. The second kappa shape index (κ2) is 8.80. The minimum atomic E-state index is -1.55. The predicted molar refractivity (Wildman–Crippen MR) is 115 cm³/mol. The van der Waals surface area contributed by atoms with Gasteiger partial charge in [-0.15, -0.1) is 36.6 Å². The zero-order valence-corrected chi connectivity index (χ0v) is 18.9. The second-order valence-electron chi connectivity index (χ2n) is 6.18. The van der Waals surface area contributed by atoms with Crippen LogP contribution in [0, 0.1) is 6.92 Å². The van der Waals surface area contributed by atoms with E-state index in [4.69, 9.17) is 21.1 Å². The van der Waals surface area contributed by atoms with Crippen molar-refractivity contribution in [2.24, 2.45) is 0 Å². The molecule has 1 aromatic heterocycles. The van der Waals surface area contributed by atoms with Crippen molar-refractivity contribution in [2.75, 3.05) is 13.2 Å². The molecule has 0 radical (unpaired) electrons. The first-order valence-electron chi connectivity index (χ1n) is 8.41. The van der Waals surface area contributed by atoms with E-state index >= 15 is 0 Å². The number of aromatic nitrogens is 1. The summed E-state index contributed by atoms with van der Waals surface area (Å²) < 4.78 is 12.5. The summed E-state index contributed by atoms with van der Waals surface area (Å²) in [5, 5.41) is -0.107. The Kier molecular flexibility index (Phi) is 7.38. The SMILES string of the molecule is CCOC(C)(OCC)C(CC(=O)S)(C(=O)S)c1nc2c(C)cc(Cl)cc2s1. The van der Waals surface area contributed by atoms with Gasteiger partial charge >= 0.3 is 0 Å². The summed E-state index contributed by atoms with van der Waals surface area (Å²) in [6.45, 7) is 7.64. The number of hydrogen-bond acceptors (Lipinski definition) is 6. The van der Waals surface area contributed by atoms with E-state index in [1.165, 1.54) is 11.3 Å². The Labute approximate surface area is 178 Å². The molecule has 0 spiro atoms. The standard InChI is InChI=1S/C18H22ClNO4S3/c1-5-23-17(4,24-6-2)18(16(22)26,9-13(21)25)15-20-14-10(3)7-11(19)8-12(14)27-15/h7-8H,5-6,9H2,1-4H3,(H,21,25)(H,22,26). The molecule has 1 aromatic carbocycles. The fourth-order valence-corrected chi connectivity index (χ4v) is 5.59. The number of hydrogen-bond donors (Lipinski definition) is 2. The topological polar surface area (TPSA) is 65.5 Å². The normalized spacial score (nSPS) is 14.3. The molecule has 1 heterocycles. The molecule has 2 aromatic rings. The minimum absolute atomic E-state index is 0.262. The first-order chi connectivity index (χ1) is 12.6. The smallest absolute Gasteiger partial charge is 0.204 e. The second-order valence-corrected chi connectivity index (χ2v) is 8.55. The Balaban J connectivity index is 2.84. The van der Waals surface area contributed by atoms with E-state index in [1.54, 1.807) is 32.9 Å². The van der Waals surface area contributed by atoms with Gasteiger partial charge in [-0.3, -0.25) is 9.59 Å².